The van der Waals surface area contributed by atoms with Gasteiger partial charge in [0.15, 0.2) is 12.4 Å². The molecule has 2 aromatic rings. The Morgan fingerprint density at radius 2 is 1.48 bits per heavy atom. The minimum Gasteiger partial charge on any atom is -0.485 e. The van der Waals surface area contributed by atoms with Gasteiger partial charge in [-0.25, -0.2) is 0 Å². The summed E-state index contributed by atoms with van der Waals surface area (Å²) in [6, 6.07) is 14.3. The molecule has 1 heterocycles. The molecular weight excluding hydrogens is 390 g/mol. The summed E-state index contributed by atoms with van der Waals surface area (Å²) in [7, 11) is 0. The number of ether oxygens (including phenoxy) is 1. The number of nitrogens with zero attached hydrogens (tertiary/aromatic N) is 1. The molecule has 5 aliphatic rings. The molecule has 0 radical (unpaired) electrons. The molecule has 0 N–H and O–H groups in total. The van der Waals surface area contributed by atoms with Crippen molar-refractivity contribution in [3.8, 4) is 5.75 Å². The predicted octanol–water partition coefficient (Wildman–Crippen LogP) is 3.81. The minimum atomic E-state index is -0.200. The van der Waals surface area contributed by atoms with Crippen LogP contribution in [0.4, 0.5) is 5.69 Å². The Balaban J connectivity index is 1.16. The molecule has 31 heavy (non-hydrogen) atoms. The first-order valence-electron chi connectivity index (χ1n) is 10.9. The summed E-state index contributed by atoms with van der Waals surface area (Å²) in [6.45, 7) is 1.91. The van der Waals surface area contributed by atoms with Crippen LogP contribution in [0.25, 0.3) is 0 Å². The van der Waals surface area contributed by atoms with E-state index >= 15 is 0 Å². The van der Waals surface area contributed by atoms with Crippen LogP contribution < -0.4 is 9.64 Å². The maximum absolute atomic E-state index is 13.2. The monoisotopic (exact) mass is 413 g/mol. The van der Waals surface area contributed by atoms with Gasteiger partial charge in [0, 0.05) is 5.56 Å². The summed E-state index contributed by atoms with van der Waals surface area (Å²) in [5.41, 5.74) is 2.29. The Morgan fingerprint density at radius 3 is 2.06 bits per heavy atom. The Hall–Kier alpha value is -3.21. The normalized spacial score (nSPS) is 32.1. The summed E-state index contributed by atoms with van der Waals surface area (Å²) in [5, 5.41) is 0. The van der Waals surface area contributed by atoms with Crippen LogP contribution in [0.15, 0.2) is 60.7 Å². The molecule has 2 aromatic carbocycles. The highest BCUT2D eigenvalue weighted by Gasteiger charge is 2.67. The van der Waals surface area contributed by atoms with Gasteiger partial charge in [0.1, 0.15) is 5.75 Å². The fraction of sp³-hybridized carbons (Fsp3) is 0.346. The highest BCUT2D eigenvalue weighted by Crippen LogP contribution is 2.65. The Bertz CT molecular complexity index is 1080. The van der Waals surface area contributed by atoms with Gasteiger partial charge in [-0.15, -0.1) is 0 Å². The Morgan fingerprint density at radius 1 is 0.903 bits per heavy atom. The van der Waals surface area contributed by atoms with E-state index in [1.54, 1.807) is 36.4 Å². The quantitative estimate of drug-likeness (QED) is 0.425. The SMILES string of the molecule is Cc1ccc(C(=O)COc2ccc(N3C(=O)[C@@H]4[C@H]5C=C[C@@H]([C@@H]6C[C@H]56)[C@H]4C3=O)cc2)cc1. The van der Waals surface area contributed by atoms with E-state index in [9.17, 15) is 14.4 Å². The topological polar surface area (TPSA) is 63.7 Å². The number of carbonyl (C=O) groups is 3. The zero-order chi connectivity index (χ0) is 21.3. The van der Waals surface area contributed by atoms with Crippen LogP contribution in [0.1, 0.15) is 22.3 Å². The number of carbonyl (C=O) groups excluding carboxylic acids is 3. The van der Waals surface area contributed by atoms with E-state index in [1.807, 2.05) is 19.1 Å². The number of amides is 2. The van der Waals surface area contributed by atoms with Gasteiger partial charge in [-0.2, -0.15) is 0 Å². The molecule has 0 aromatic heterocycles. The standard InChI is InChI=1S/C26H23NO4/c1-14-2-4-15(5-3-14)22(28)13-31-17-8-6-16(7-9-17)27-25(29)23-18-10-11-19(21-12-20(18)21)24(23)26(27)30/h2-11,18-21,23-24H,12-13H2,1H3/t18-,19-,20-,21+,23+,24+/m0/s1. The van der Waals surface area contributed by atoms with Gasteiger partial charge in [-0.1, -0.05) is 42.0 Å². The number of Topliss-reactive ketones (excluding diaryl/α,β-unsaturated/α-hetero) is 1. The van der Waals surface area contributed by atoms with Crippen molar-refractivity contribution in [1.29, 1.82) is 0 Å². The Labute approximate surface area is 180 Å². The molecule has 0 spiro atoms. The van der Waals surface area contributed by atoms with Crippen LogP contribution in [0, 0.1) is 42.4 Å². The fourth-order valence-corrected chi connectivity index (χ4v) is 5.87. The Kier molecular flexibility index (Phi) is 3.98. The van der Waals surface area contributed by atoms with Crippen molar-refractivity contribution in [2.45, 2.75) is 13.3 Å². The number of anilines is 1. The maximum Gasteiger partial charge on any atom is 0.238 e. The number of ketones is 1. The zero-order valence-electron chi connectivity index (χ0n) is 17.2. The van der Waals surface area contributed by atoms with Gasteiger partial charge in [0.2, 0.25) is 11.8 Å². The molecule has 5 heteroatoms. The molecule has 5 nitrogen and oxygen atoms in total. The lowest BCUT2D eigenvalue weighted by molar-refractivity contribution is -0.124. The second-order valence-corrected chi connectivity index (χ2v) is 9.24. The average molecular weight is 413 g/mol. The molecule has 4 aliphatic carbocycles. The maximum atomic E-state index is 13.2. The lowest BCUT2D eigenvalue weighted by Gasteiger charge is -2.37. The van der Waals surface area contributed by atoms with E-state index in [4.69, 9.17) is 4.74 Å². The molecule has 3 fully saturated rings. The van der Waals surface area contributed by atoms with Crippen molar-refractivity contribution < 1.29 is 19.1 Å². The van der Waals surface area contributed by atoms with Crippen LogP contribution in [0.3, 0.4) is 0 Å². The molecule has 7 rings (SSSR count). The van der Waals surface area contributed by atoms with Crippen molar-refractivity contribution >= 4 is 23.3 Å². The number of hydrogen-bond donors (Lipinski definition) is 0. The van der Waals surface area contributed by atoms with Crippen LogP contribution in [-0.2, 0) is 9.59 Å². The second-order valence-electron chi connectivity index (χ2n) is 9.24. The molecule has 2 bridgehead atoms. The van der Waals surface area contributed by atoms with Crippen molar-refractivity contribution in [3.05, 3.63) is 71.8 Å². The average Bonchev–Trinajstić information content (AvgIpc) is 3.56. The highest BCUT2D eigenvalue weighted by molar-refractivity contribution is 6.22. The third kappa shape index (κ3) is 2.79. The molecule has 1 saturated heterocycles. The van der Waals surface area contributed by atoms with Gasteiger partial charge in [-0.3, -0.25) is 19.3 Å². The molecule has 1 aliphatic heterocycles. The minimum absolute atomic E-state index is 0.0636. The largest absolute Gasteiger partial charge is 0.485 e. The molecule has 0 unspecified atom stereocenters. The van der Waals surface area contributed by atoms with Crippen LogP contribution >= 0.6 is 0 Å². The van der Waals surface area contributed by atoms with E-state index in [1.165, 1.54) is 4.90 Å². The number of benzene rings is 2. The van der Waals surface area contributed by atoms with Gasteiger partial charge < -0.3 is 4.74 Å². The van der Waals surface area contributed by atoms with E-state index in [0.717, 1.165) is 12.0 Å². The van der Waals surface area contributed by atoms with Crippen molar-refractivity contribution in [2.75, 3.05) is 11.5 Å². The molecular formula is C26H23NO4. The van der Waals surface area contributed by atoms with Gasteiger partial charge in [-0.05, 0) is 61.3 Å². The van der Waals surface area contributed by atoms with E-state index in [2.05, 4.69) is 12.2 Å². The van der Waals surface area contributed by atoms with Crippen LogP contribution in [0.2, 0.25) is 0 Å². The highest BCUT2D eigenvalue weighted by atomic mass is 16.5. The van der Waals surface area contributed by atoms with E-state index < -0.39 is 0 Å². The van der Waals surface area contributed by atoms with Crippen LogP contribution in [-0.4, -0.2) is 24.2 Å². The number of rotatable bonds is 5. The third-order valence-electron chi connectivity index (χ3n) is 7.50. The first-order chi connectivity index (χ1) is 15.0. The molecule has 2 saturated carbocycles. The van der Waals surface area contributed by atoms with Gasteiger partial charge in [0.25, 0.3) is 0 Å². The fourth-order valence-electron chi connectivity index (χ4n) is 5.87. The molecule has 6 atom stereocenters. The zero-order valence-corrected chi connectivity index (χ0v) is 17.2. The first kappa shape index (κ1) is 18.6. The second kappa shape index (κ2) is 6.64. The summed E-state index contributed by atoms with van der Waals surface area (Å²) < 4.78 is 5.63. The van der Waals surface area contributed by atoms with Gasteiger partial charge >= 0.3 is 0 Å². The first-order valence-corrected chi connectivity index (χ1v) is 10.9. The van der Waals surface area contributed by atoms with E-state index in [0.29, 0.717) is 28.8 Å². The smallest absolute Gasteiger partial charge is 0.238 e. The summed E-state index contributed by atoms with van der Waals surface area (Å²) in [6.07, 6.45) is 5.51. The van der Waals surface area contributed by atoms with E-state index in [-0.39, 0.29) is 47.9 Å². The number of allylic oxidation sites excluding steroid dienone is 2. The lowest BCUT2D eigenvalue weighted by atomic mass is 9.63. The summed E-state index contributed by atoms with van der Waals surface area (Å²) in [5.74, 6) is 1.52. The number of hydrogen-bond acceptors (Lipinski definition) is 4. The van der Waals surface area contributed by atoms with Crippen molar-refractivity contribution in [1.82, 2.24) is 0 Å². The van der Waals surface area contributed by atoms with Crippen molar-refractivity contribution in [2.24, 2.45) is 35.5 Å². The third-order valence-corrected chi connectivity index (χ3v) is 7.50. The summed E-state index contributed by atoms with van der Waals surface area (Å²) >= 11 is 0. The number of imide groups is 1. The number of aryl methyl sites for hydroxylation is 1. The summed E-state index contributed by atoms with van der Waals surface area (Å²) in [4.78, 5) is 40.0. The van der Waals surface area contributed by atoms with Crippen molar-refractivity contribution in [3.63, 3.8) is 0 Å². The predicted molar refractivity (Wildman–Crippen MR) is 115 cm³/mol. The lowest BCUT2D eigenvalue weighted by Crippen LogP contribution is -2.40. The molecule has 2 amide bonds. The molecule has 156 valence electrons. The van der Waals surface area contributed by atoms with Crippen LogP contribution in [0.5, 0.6) is 5.75 Å². The van der Waals surface area contributed by atoms with Gasteiger partial charge in [0.05, 0.1) is 17.5 Å².